The third-order valence-electron chi connectivity index (χ3n) is 1.76. The molecule has 1 heterocycles. The maximum atomic E-state index is 9.22. The van der Waals surface area contributed by atoms with Gasteiger partial charge in [0.15, 0.2) is 6.10 Å². The molecular formula is C7H8N2O3. The van der Waals surface area contributed by atoms with Crippen molar-refractivity contribution in [2.45, 2.75) is 31.0 Å². The molecule has 5 heteroatoms. The summed E-state index contributed by atoms with van der Waals surface area (Å²) in [4.78, 5) is 2.96. The van der Waals surface area contributed by atoms with Crippen molar-refractivity contribution in [3.05, 3.63) is 11.4 Å². The Balaban J connectivity index is 2.63. The van der Waals surface area contributed by atoms with Gasteiger partial charge in [0.05, 0.1) is 12.5 Å². The normalized spacial score (nSPS) is 40.3. The van der Waals surface area contributed by atoms with Crippen LogP contribution in [-0.4, -0.2) is 34.8 Å². The molecule has 0 aromatic carbocycles. The van der Waals surface area contributed by atoms with Crippen molar-refractivity contribution in [1.82, 2.24) is 0 Å². The molecule has 0 amide bonds. The molecule has 0 bridgehead atoms. The van der Waals surface area contributed by atoms with E-state index in [-0.39, 0.29) is 6.42 Å². The predicted molar refractivity (Wildman–Crippen MR) is 37.5 cm³/mol. The van der Waals surface area contributed by atoms with Gasteiger partial charge in [0.1, 0.15) is 12.2 Å². The van der Waals surface area contributed by atoms with Gasteiger partial charge in [0, 0.05) is 0 Å². The van der Waals surface area contributed by atoms with Crippen LogP contribution in [0.4, 0.5) is 0 Å². The maximum absolute atomic E-state index is 9.22. The highest BCUT2D eigenvalue weighted by molar-refractivity contribution is 4.97. The minimum atomic E-state index is -1.19. The van der Waals surface area contributed by atoms with Gasteiger partial charge in [0.25, 0.3) is 0 Å². The summed E-state index contributed by atoms with van der Waals surface area (Å²) in [5.74, 6) is 0. The van der Waals surface area contributed by atoms with E-state index < -0.39 is 24.5 Å². The van der Waals surface area contributed by atoms with E-state index >= 15 is 0 Å². The number of nitrogens with zero attached hydrogens (tertiary/aromatic N) is 2. The van der Waals surface area contributed by atoms with Gasteiger partial charge in [0.2, 0.25) is 0 Å². The highest BCUT2D eigenvalue weighted by atomic mass is 16.6. The zero-order valence-corrected chi connectivity index (χ0v) is 6.21. The molecule has 1 rings (SSSR count). The van der Waals surface area contributed by atoms with Crippen LogP contribution in [0.25, 0.3) is 4.85 Å². The second-order valence-corrected chi connectivity index (χ2v) is 2.54. The zero-order valence-electron chi connectivity index (χ0n) is 6.21. The van der Waals surface area contributed by atoms with Gasteiger partial charge in [-0.05, 0) is 0 Å². The van der Waals surface area contributed by atoms with Crippen LogP contribution in [0.2, 0.25) is 0 Å². The third-order valence-corrected chi connectivity index (χ3v) is 1.76. The lowest BCUT2D eigenvalue weighted by molar-refractivity contribution is 0.0240. The first-order chi connectivity index (χ1) is 5.70. The topological polar surface area (TPSA) is 77.8 Å². The van der Waals surface area contributed by atoms with E-state index in [0.717, 1.165) is 0 Å². The van der Waals surface area contributed by atoms with Gasteiger partial charge in [-0.25, -0.2) is 6.57 Å². The summed E-state index contributed by atoms with van der Waals surface area (Å²) in [6.07, 6.45) is -4.09. The minimum Gasteiger partial charge on any atom is -0.387 e. The molecule has 4 unspecified atom stereocenters. The third kappa shape index (κ3) is 1.39. The highest BCUT2D eigenvalue weighted by Gasteiger charge is 2.46. The molecule has 5 nitrogen and oxygen atoms in total. The molecule has 0 saturated carbocycles. The van der Waals surface area contributed by atoms with E-state index in [9.17, 15) is 5.11 Å². The van der Waals surface area contributed by atoms with E-state index in [1.165, 1.54) is 0 Å². The first-order valence-electron chi connectivity index (χ1n) is 3.46. The van der Waals surface area contributed by atoms with E-state index in [1.54, 1.807) is 6.07 Å². The Morgan fingerprint density at radius 2 is 2.17 bits per heavy atom. The Kier molecular flexibility index (Phi) is 2.61. The number of hydrogen-bond acceptors (Lipinski definition) is 4. The average Bonchev–Trinajstić information content (AvgIpc) is 2.33. The maximum Gasteiger partial charge on any atom is 0.356 e. The lowest BCUT2D eigenvalue weighted by Crippen LogP contribution is -2.31. The Morgan fingerprint density at radius 1 is 1.50 bits per heavy atom. The van der Waals surface area contributed by atoms with Crippen LogP contribution in [0, 0.1) is 17.9 Å². The number of nitriles is 1. The van der Waals surface area contributed by atoms with Crippen molar-refractivity contribution >= 4 is 0 Å². The van der Waals surface area contributed by atoms with Gasteiger partial charge in [-0.15, -0.1) is 0 Å². The molecule has 1 aliphatic heterocycles. The molecule has 0 aliphatic carbocycles. The molecule has 0 aromatic heterocycles. The fourth-order valence-electron chi connectivity index (χ4n) is 1.09. The SMILES string of the molecule is [C-]#[N+]C1OC(CC#N)C(O)C1O. The second kappa shape index (κ2) is 3.51. The fourth-order valence-corrected chi connectivity index (χ4v) is 1.09. The largest absolute Gasteiger partial charge is 0.387 e. The summed E-state index contributed by atoms with van der Waals surface area (Å²) >= 11 is 0. The highest BCUT2D eigenvalue weighted by Crippen LogP contribution is 2.23. The van der Waals surface area contributed by atoms with Crippen LogP contribution in [-0.2, 0) is 4.74 Å². The van der Waals surface area contributed by atoms with Gasteiger partial charge >= 0.3 is 6.23 Å². The number of rotatable bonds is 1. The quantitative estimate of drug-likeness (QED) is 0.506. The van der Waals surface area contributed by atoms with Gasteiger partial charge in [-0.3, -0.25) is 4.85 Å². The number of hydrogen-bond donors (Lipinski definition) is 2. The monoisotopic (exact) mass is 168 g/mol. The Hall–Kier alpha value is -1.14. The molecule has 4 atom stereocenters. The van der Waals surface area contributed by atoms with Gasteiger partial charge < -0.3 is 14.9 Å². The lowest BCUT2D eigenvalue weighted by Gasteiger charge is -2.07. The number of ether oxygens (including phenoxy) is 1. The Labute approximate surface area is 69.6 Å². The van der Waals surface area contributed by atoms with Crippen molar-refractivity contribution in [3.8, 4) is 6.07 Å². The van der Waals surface area contributed by atoms with Crippen LogP contribution >= 0.6 is 0 Å². The van der Waals surface area contributed by atoms with Crippen LogP contribution in [0.3, 0.4) is 0 Å². The van der Waals surface area contributed by atoms with Crippen LogP contribution in [0.15, 0.2) is 0 Å². The number of aliphatic hydroxyl groups excluding tert-OH is 2. The summed E-state index contributed by atoms with van der Waals surface area (Å²) in [6.45, 7) is 6.59. The standard InChI is InChI=1S/C7H8N2O3/c1-9-7-6(11)5(10)4(12-7)2-3-8/h4-7,10-11H,2H2. The van der Waals surface area contributed by atoms with Crippen molar-refractivity contribution < 1.29 is 14.9 Å². The van der Waals surface area contributed by atoms with Crippen molar-refractivity contribution in [2.75, 3.05) is 0 Å². The summed E-state index contributed by atoms with van der Waals surface area (Å²) < 4.78 is 4.90. The first-order valence-corrected chi connectivity index (χ1v) is 3.46. The number of aliphatic hydroxyl groups is 2. The minimum absolute atomic E-state index is 0.00968. The molecule has 0 aromatic rings. The molecule has 1 saturated heterocycles. The summed E-state index contributed by atoms with van der Waals surface area (Å²) in [5.41, 5.74) is 0. The van der Waals surface area contributed by atoms with Gasteiger partial charge in [-0.2, -0.15) is 5.26 Å². The molecule has 0 spiro atoms. The molecule has 1 aliphatic rings. The van der Waals surface area contributed by atoms with E-state index in [2.05, 4.69) is 4.85 Å². The van der Waals surface area contributed by atoms with Crippen LogP contribution < -0.4 is 0 Å². The Bertz CT molecular complexity index is 242. The molecule has 1 fully saturated rings. The van der Waals surface area contributed by atoms with Crippen LogP contribution in [0.5, 0.6) is 0 Å². The predicted octanol–water partition coefficient (Wildman–Crippen LogP) is -0.734. The van der Waals surface area contributed by atoms with Gasteiger partial charge in [-0.1, -0.05) is 0 Å². The fraction of sp³-hybridized carbons (Fsp3) is 0.714. The average molecular weight is 168 g/mol. The summed E-state index contributed by atoms with van der Waals surface area (Å²) in [7, 11) is 0. The molecule has 2 N–H and O–H groups in total. The van der Waals surface area contributed by atoms with Crippen molar-refractivity contribution in [1.29, 1.82) is 5.26 Å². The van der Waals surface area contributed by atoms with E-state index in [0.29, 0.717) is 0 Å². The van der Waals surface area contributed by atoms with E-state index in [1.807, 2.05) is 0 Å². The Morgan fingerprint density at radius 3 is 2.58 bits per heavy atom. The van der Waals surface area contributed by atoms with Crippen molar-refractivity contribution in [3.63, 3.8) is 0 Å². The van der Waals surface area contributed by atoms with E-state index in [4.69, 9.17) is 21.7 Å². The zero-order chi connectivity index (χ0) is 9.14. The molecular weight excluding hydrogens is 160 g/mol. The molecule has 0 radical (unpaired) electrons. The molecule has 12 heavy (non-hydrogen) atoms. The second-order valence-electron chi connectivity index (χ2n) is 2.54. The first kappa shape index (κ1) is 8.95. The van der Waals surface area contributed by atoms with Crippen LogP contribution in [0.1, 0.15) is 6.42 Å². The summed E-state index contributed by atoms with van der Waals surface area (Å²) in [6, 6.07) is 1.81. The molecule has 64 valence electrons. The van der Waals surface area contributed by atoms with Crippen molar-refractivity contribution in [2.24, 2.45) is 0 Å². The lowest BCUT2D eigenvalue weighted by atomic mass is 10.1. The smallest absolute Gasteiger partial charge is 0.356 e. The summed E-state index contributed by atoms with van der Waals surface area (Å²) in [5, 5.41) is 26.7.